The van der Waals surface area contributed by atoms with E-state index in [4.69, 9.17) is 0 Å². The maximum Gasteiger partial charge on any atom is 0.136 e. The van der Waals surface area contributed by atoms with E-state index in [-0.39, 0.29) is 0 Å². The fourth-order valence-corrected chi connectivity index (χ4v) is 2.78. The molecule has 120 valence electrons. The highest BCUT2D eigenvalue weighted by molar-refractivity contribution is 5.39. The minimum absolute atomic E-state index is 0.477. The highest BCUT2D eigenvalue weighted by Crippen LogP contribution is 2.17. The number of aliphatic hydroxyl groups is 1. The molecule has 1 N–H and O–H groups in total. The molecule has 2 heterocycles. The lowest BCUT2D eigenvalue weighted by atomic mass is 10.1. The summed E-state index contributed by atoms with van der Waals surface area (Å²) in [5.74, 6) is 0. The molecule has 0 radical (unpaired) electrons. The minimum atomic E-state index is -0.477. The van der Waals surface area contributed by atoms with Gasteiger partial charge in [0.05, 0.1) is 18.0 Å². The molecule has 0 spiro atoms. The maximum atomic E-state index is 10.5. The Bertz CT molecular complexity index is 764. The van der Waals surface area contributed by atoms with Gasteiger partial charge in [-0.1, -0.05) is 42.8 Å². The number of benzene rings is 1. The van der Waals surface area contributed by atoms with Crippen molar-refractivity contribution in [3.8, 4) is 0 Å². The zero-order valence-corrected chi connectivity index (χ0v) is 13.7. The third-order valence-corrected chi connectivity index (χ3v) is 4.22. The summed E-state index contributed by atoms with van der Waals surface area (Å²) in [6.45, 7) is 6.43. The van der Waals surface area contributed by atoms with Gasteiger partial charge in [-0.2, -0.15) is 0 Å². The van der Waals surface area contributed by atoms with Gasteiger partial charge in [0.25, 0.3) is 0 Å². The molecule has 23 heavy (non-hydrogen) atoms. The predicted octanol–water partition coefficient (Wildman–Crippen LogP) is 3.20. The molecule has 0 saturated heterocycles. The Labute approximate surface area is 137 Å². The summed E-state index contributed by atoms with van der Waals surface area (Å²) in [4.78, 5) is 6.66. The van der Waals surface area contributed by atoms with Crippen LogP contribution in [0, 0.1) is 6.92 Å². The number of rotatable bonds is 6. The number of hydrogen-bond acceptors (Lipinski definition) is 3. The van der Waals surface area contributed by atoms with Crippen LogP contribution in [0.1, 0.15) is 29.8 Å². The van der Waals surface area contributed by atoms with Gasteiger partial charge in [0.2, 0.25) is 0 Å². The molecule has 4 heteroatoms. The van der Waals surface area contributed by atoms with E-state index in [9.17, 15) is 5.11 Å². The molecule has 0 aliphatic rings. The van der Waals surface area contributed by atoms with E-state index in [1.165, 1.54) is 5.56 Å². The number of nitrogens with zero attached hydrogens (tertiary/aromatic N) is 3. The van der Waals surface area contributed by atoms with Crippen molar-refractivity contribution in [2.75, 3.05) is 13.1 Å². The normalized spacial score (nSPS) is 12.9. The van der Waals surface area contributed by atoms with Gasteiger partial charge in [0, 0.05) is 19.3 Å². The number of pyridine rings is 1. The fourth-order valence-electron chi connectivity index (χ4n) is 2.78. The Morgan fingerprint density at radius 1 is 1.17 bits per heavy atom. The summed E-state index contributed by atoms with van der Waals surface area (Å²) in [5, 5.41) is 10.5. The fraction of sp³-hybridized carbons (Fsp3) is 0.316. The van der Waals surface area contributed by atoms with E-state index in [0.29, 0.717) is 6.54 Å². The number of likely N-dealkylation sites (N-methyl/N-ethyl adjacent to an activating group) is 1. The summed E-state index contributed by atoms with van der Waals surface area (Å²) < 4.78 is 2.10. The van der Waals surface area contributed by atoms with Crippen LogP contribution in [0.15, 0.2) is 54.9 Å². The van der Waals surface area contributed by atoms with Gasteiger partial charge < -0.3 is 9.51 Å². The molecular weight excluding hydrogens is 286 g/mol. The average molecular weight is 309 g/mol. The highest BCUT2D eigenvalue weighted by Gasteiger charge is 2.14. The molecule has 1 aromatic carbocycles. The van der Waals surface area contributed by atoms with Crippen molar-refractivity contribution in [2.24, 2.45) is 0 Å². The topological polar surface area (TPSA) is 40.8 Å². The first-order chi connectivity index (χ1) is 11.2. The summed E-state index contributed by atoms with van der Waals surface area (Å²) in [6, 6.07) is 14.1. The van der Waals surface area contributed by atoms with Gasteiger partial charge in [-0.05, 0) is 31.2 Å². The Hall–Kier alpha value is -2.17. The van der Waals surface area contributed by atoms with Crippen molar-refractivity contribution in [3.63, 3.8) is 0 Å². The van der Waals surface area contributed by atoms with Gasteiger partial charge in [0.15, 0.2) is 0 Å². The number of aryl methyl sites for hydroxylation is 1. The molecule has 0 aliphatic heterocycles. The average Bonchev–Trinajstić information content (AvgIpc) is 2.98. The van der Waals surface area contributed by atoms with Crippen molar-refractivity contribution in [1.29, 1.82) is 0 Å². The number of fused-ring (bicyclic) bond motifs is 1. The number of imidazole rings is 1. The van der Waals surface area contributed by atoms with Crippen LogP contribution in [-0.4, -0.2) is 32.5 Å². The van der Waals surface area contributed by atoms with Gasteiger partial charge in [0.1, 0.15) is 5.65 Å². The molecule has 0 saturated carbocycles. The summed E-state index contributed by atoms with van der Waals surface area (Å²) in [7, 11) is 0. The van der Waals surface area contributed by atoms with Crippen molar-refractivity contribution in [2.45, 2.75) is 26.5 Å². The Kier molecular flexibility index (Phi) is 4.74. The summed E-state index contributed by atoms with van der Waals surface area (Å²) >= 11 is 0. The molecule has 1 atom stereocenters. The molecule has 4 nitrogen and oxygen atoms in total. The second-order valence-corrected chi connectivity index (χ2v) is 5.93. The van der Waals surface area contributed by atoms with E-state index in [1.54, 1.807) is 0 Å². The van der Waals surface area contributed by atoms with Gasteiger partial charge in [-0.15, -0.1) is 0 Å². The van der Waals surface area contributed by atoms with E-state index in [1.807, 2.05) is 54.9 Å². The van der Waals surface area contributed by atoms with E-state index in [0.717, 1.165) is 30.0 Å². The molecule has 3 aromatic rings. The predicted molar refractivity (Wildman–Crippen MR) is 92.3 cm³/mol. The van der Waals surface area contributed by atoms with E-state index >= 15 is 0 Å². The first kappa shape index (κ1) is 15.7. The largest absolute Gasteiger partial charge is 0.387 e. The summed E-state index contributed by atoms with van der Waals surface area (Å²) in [6.07, 6.45) is 3.47. The molecular formula is C19H23N3O. The first-order valence-electron chi connectivity index (χ1n) is 8.05. The lowest BCUT2D eigenvalue weighted by molar-refractivity contribution is 0.111. The monoisotopic (exact) mass is 309 g/mol. The van der Waals surface area contributed by atoms with Crippen LogP contribution in [0.5, 0.6) is 0 Å². The maximum absolute atomic E-state index is 10.5. The number of hydrogen-bond donors (Lipinski definition) is 1. The highest BCUT2D eigenvalue weighted by atomic mass is 16.3. The number of aromatic nitrogens is 2. The Morgan fingerprint density at radius 3 is 2.70 bits per heavy atom. The van der Waals surface area contributed by atoms with Crippen molar-refractivity contribution < 1.29 is 5.11 Å². The SMILES string of the molecule is CCN(Cc1cnc2ccccn12)CC(O)c1ccc(C)cc1. The molecule has 3 rings (SSSR count). The van der Waals surface area contributed by atoms with Crippen molar-refractivity contribution in [3.05, 3.63) is 71.7 Å². The lowest BCUT2D eigenvalue weighted by Gasteiger charge is -2.23. The standard InChI is InChI=1S/C19H23N3O/c1-3-21(14-18(23)16-9-7-15(2)8-10-16)13-17-12-20-19-6-4-5-11-22(17)19/h4-12,18,23H,3,13-14H2,1-2H3. The van der Waals surface area contributed by atoms with Crippen LogP contribution in [0.3, 0.4) is 0 Å². The Morgan fingerprint density at radius 2 is 1.96 bits per heavy atom. The number of aliphatic hydroxyl groups excluding tert-OH is 1. The van der Waals surface area contributed by atoms with Crippen LogP contribution in [-0.2, 0) is 6.54 Å². The second-order valence-electron chi connectivity index (χ2n) is 5.93. The van der Waals surface area contributed by atoms with E-state index < -0.39 is 6.10 Å². The molecule has 0 aliphatic carbocycles. The third-order valence-electron chi connectivity index (χ3n) is 4.22. The molecule has 2 aromatic heterocycles. The van der Waals surface area contributed by atoms with E-state index in [2.05, 4.69) is 28.1 Å². The van der Waals surface area contributed by atoms with Crippen LogP contribution in [0.2, 0.25) is 0 Å². The van der Waals surface area contributed by atoms with Crippen LogP contribution in [0.4, 0.5) is 0 Å². The van der Waals surface area contributed by atoms with Crippen molar-refractivity contribution in [1.82, 2.24) is 14.3 Å². The molecule has 0 fully saturated rings. The Balaban J connectivity index is 1.71. The lowest BCUT2D eigenvalue weighted by Crippen LogP contribution is -2.28. The quantitative estimate of drug-likeness (QED) is 0.760. The smallest absolute Gasteiger partial charge is 0.136 e. The summed E-state index contributed by atoms with van der Waals surface area (Å²) in [5.41, 5.74) is 4.27. The van der Waals surface area contributed by atoms with Crippen LogP contribution >= 0.6 is 0 Å². The first-order valence-corrected chi connectivity index (χ1v) is 8.05. The van der Waals surface area contributed by atoms with Crippen LogP contribution < -0.4 is 0 Å². The van der Waals surface area contributed by atoms with Gasteiger partial charge in [-0.3, -0.25) is 4.90 Å². The molecule has 0 amide bonds. The molecule has 1 unspecified atom stereocenters. The van der Waals surface area contributed by atoms with Crippen LogP contribution in [0.25, 0.3) is 5.65 Å². The minimum Gasteiger partial charge on any atom is -0.387 e. The van der Waals surface area contributed by atoms with Gasteiger partial charge in [-0.25, -0.2) is 4.98 Å². The zero-order chi connectivity index (χ0) is 16.2. The zero-order valence-electron chi connectivity index (χ0n) is 13.7. The second kappa shape index (κ2) is 6.94. The van der Waals surface area contributed by atoms with Crippen molar-refractivity contribution >= 4 is 5.65 Å². The van der Waals surface area contributed by atoms with Gasteiger partial charge >= 0.3 is 0 Å². The molecule has 0 bridgehead atoms. The third kappa shape index (κ3) is 3.60.